The highest BCUT2D eigenvalue weighted by Crippen LogP contribution is 2.47. The third-order valence-electron chi connectivity index (χ3n) is 9.34. The lowest BCUT2D eigenvalue weighted by molar-refractivity contribution is 1.08. The summed E-state index contributed by atoms with van der Waals surface area (Å²) in [5.41, 5.74) is 6.05. The highest BCUT2D eigenvalue weighted by Gasteiger charge is 2.24. The number of aromatic nitrogens is 3. The quantitative estimate of drug-likeness (QED) is 0.196. The summed E-state index contributed by atoms with van der Waals surface area (Å²) in [4.78, 5) is 10.8. The number of hydrogen-bond acceptors (Lipinski definition) is 4. The molecule has 0 atom stereocenters. The molecule has 11 rings (SSSR count). The zero-order chi connectivity index (χ0) is 29.2. The average molecular weight is 608 g/mol. The first-order chi connectivity index (χ1) is 22.3. The Kier molecular flexibility index (Phi) is 4.61. The number of benzene rings is 7. The SMILES string of the molecule is c1ccc2nc(-n3c4ccc5cccc6sc7cccc8ccc3c(c87)c4c56)c(-c3ccc4sc5ccccc5c4c3)nc2c1. The molecule has 0 saturated heterocycles. The van der Waals surface area contributed by atoms with E-state index in [2.05, 4.69) is 120 Å². The van der Waals surface area contributed by atoms with Crippen molar-refractivity contribution in [3.05, 3.63) is 127 Å². The van der Waals surface area contributed by atoms with E-state index < -0.39 is 0 Å². The zero-order valence-electron chi connectivity index (χ0n) is 23.8. The van der Waals surface area contributed by atoms with Crippen LogP contribution in [-0.4, -0.2) is 14.5 Å². The standard InChI is InChI=1S/C40H21N3S2/c1-4-12-31-25(9-1)26-21-24(17-20-32(26)44-31)39-40(42-28-11-3-2-10-27(28)41-39)43-29-18-15-22-7-5-13-33-35(22)37(29)38-30(43)19-16-23-8-6-14-34(45-33)36(23)38/h1-21H. The molecule has 0 spiro atoms. The minimum absolute atomic E-state index is 0.856. The first-order valence-electron chi connectivity index (χ1n) is 15.1. The molecular formula is C40H21N3S2. The fraction of sp³-hybridized carbons (Fsp3) is 0. The molecule has 0 aliphatic carbocycles. The molecule has 5 heteroatoms. The first-order valence-corrected chi connectivity index (χ1v) is 16.7. The van der Waals surface area contributed by atoms with Gasteiger partial charge in [0.05, 0.1) is 22.1 Å². The highest BCUT2D eigenvalue weighted by molar-refractivity contribution is 7.26. The van der Waals surface area contributed by atoms with Gasteiger partial charge in [-0.3, -0.25) is 4.57 Å². The second-order valence-electron chi connectivity index (χ2n) is 11.8. The van der Waals surface area contributed by atoms with Gasteiger partial charge in [0.1, 0.15) is 5.69 Å². The van der Waals surface area contributed by atoms with Gasteiger partial charge in [-0.05, 0) is 65.4 Å². The molecule has 7 aromatic carbocycles. The highest BCUT2D eigenvalue weighted by atomic mass is 32.1. The van der Waals surface area contributed by atoms with E-state index in [4.69, 9.17) is 9.97 Å². The third kappa shape index (κ3) is 3.18. The fourth-order valence-corrected chi connectivity index (χ4v) is 9.67. The van der Waals surface area contributed by atoms with Crippen molar-refractivity contribution in [3.8, 4) is 17.1 Å². The number of rotatable bonds is 2. The van der Waals surface area contributed by atoms with Crippen molar-refractivity contribution in [1.82, 2.24) is 14.5 Å². The molecule has 0 fully saturated rings. The maximum Gasteiger partial charge on any atom is 0.165 e. The molecule has 0 aliphatic rings. The monoisotopic (exact) mass is 607 g/mol. The van der Waals surface area contributed by atoms with Crippen LogP contribution in [-0.2, 0) is 0 Å². The normalized spacial score (nSPS) is 12.4. The molecule has 0 amide bonds. The summed E-state index contributed by atoms with van der Waals surface area (Å²) in [5.74, 6) is 0.856. The lowest BCUT2D eigenvalue weighted by Gasteiger charge is -2.14. The topological polar surface area (TPSA) is 30.7 Å². The largest absolute Gasteiger partial charge is 0.292 e. The summed E-state index contributed by atoms with van der Waals surface area (Å²) in [5, 5.41) is 10.3. The lowest BCUT2D eigenvalue weighted by atomic mass is 10.00. The Morgan fingerprint density at radius 2 is 1.04 bits per heavy atom. The van der Waals surface area contributed by atoms with Crippen LogP contribution in [0, 0.1) is 0 Å². The van der Waals surface area contributed by atoms with Crippen molar-refractivity contribution < 1.29 is 0 Å². The number of thiophene rings is 1. The number of hydrogen-bond donors (Lipinski definition) is 0. The molecule has 3 nitrogen and oxygen atoms in total. The van der Waals surface area contributed by atoms with Gasteiger partial charge in [-0.1, -0.05) is 72.8 Å². The molecule has 11 aromatic rings. The van der Waals surface area contributed by atoms with Crippen LogP contribution in [0.3, 0.4) is 0 Å². The van der Waals surface area contributed by atoms with E-state index in [9.17, 15) is 0 Å². The summed E-state index contributed by atoms with van der Waals surface area (Å²) < 4.78 is 7.54. The van der Waals surface area contributed by atoms with Crippen LogP contribution in [0.25, 0.3) is 101 Å². The van der Waals surface area contributed by atoms with E-state index >= 15 is 0 Å². The van der Waals surface area contributed by atoms with E-state index in [-0.39, 0.29) is 0 Å². The maximum absolute atomic E-state index is 5.42. The van der Waals surface area contributed by atoms with E-state index in [1.165, 1.54) is 61.9 Å². The molecule has 0 radical (unpaired) electrons. The van der Waals surface area contributed by atoms with Crippen molar-refractivity contribution in [2.75, 3.05) is 0 Å². The Morgan fingerprint density at radius 1 is 0.444 bits per heavy atom. The van der Waals surface area contributed by atoms with Crippen molar-refractivity contribution in [3.63, 3.8) is 0 Å². The van der Waals surface area contributed by atoms with Gasteiger partial charge < -0.3 is 0 Å². The molecule has 0 aliphatic heterocycles. The smallest absolute Gasteiger partial charge is 0.165 e. The van der Waals surface area contributed by atoms with Crippen LogP contribution in [0.5, 0.6) is 0 Å². The molecular weight excluding hydrogens is 587 g/mol. The zero-order valence-corrected chi connectivity index (χ0v) is 25.4. The summed E-state index contributed by atoms with van der Waals surface area (Å²) in [7, 11) is 0. The molecule has 4 aromatic heterocycles. The molecule has 45 heavy (non-hydrogen) atoms. The van der Waals surface area contributed by atoms with Crippen LogP contribution in [0.15, 0.2) is 127 Å². The summed E-state index contributed by atoms with van der Waals surface area (Å²) in [6.07, 6.45) is 0. The van der Waals surface area contributed by atoms with Gasteiger partial charge in [-0.15, -0.1) is 22.7 Å². The lowest BCUT2D eigenvalue weighted by Crippen LogP contribution is -2.03. The Balaban J connectivity index is 1.34. The fourth-order valence-electron chi connectivity index (χ4n) is 7.41. The Hall–Kier alpha value is -5.36. The van der Waals surface area contributed by atoms with Crippen molar-refractivity contribution in [2.24, 2.45) is 0 Å². The first kappa shape index (κ1) is 24.0. The summed E-state index contributed by atoms with van der Waals surface area (Å²) in [6, 6.07) is 46.1. The Bertz CT molecular complexity index is 2890. The number of para-hydroxylation sites is 2. The Labute approximate surface area is 264 Å². The minimum atomic E-state index is 0.856. The second kappa shape index (κ2) is 8.63. The van der Waals surface area contributed by atoms with Gasteiger partial charge >= 0.3 is 0 Å². The number of nitrogens with zero attached hydrogens (tertiary/aromatic N) is 3. The molecule has 0 N–H and O–H groups in total. The van der Waals surface area contributed by atoms with Gasteiger partial charge in [0.25, 0.3) is 0 Å². The molecule has 0 unspecified atom stereocenters. The van der Waals surface area contributed by atoms with Crippen molar-refractivity contribution >= 4 is 107 Å². The molecule has 208 valence electrons. The predicted octanol–water partition coefficient (Wildman–Crippen LogP) is 11.7. The predicted molar refractivity (Wildman–Crippen MR) is 194 cm³/mol. The van der Waals surface area contributed by atoms with Crippen LogP contribution in [0.1, 0.15) is 0 Å². The van der Waals surface area contributed by atoms with Gasteiger partial charge in [0.15, 0.2) is 5.82 Å². The minimum Gasteiger partial charge on any atom is -0.292 e. The van der Waals surface area contributed by atoms with E-state index in [1.54, 1.807) is 0 Å². The Morgan fingerprint density at radius 3 is 1.78 bits per heavy atom. The van der Waals surface area contributed by atoms with E-state index in [1.807, 2.05) is 34.8 Å². The van der Waals surface area contributed by atoms with Crippen LogP contribution < -0.4 is 0 Å². The van der Waals surface area contributed by atoms with Crippen LogP contribution in [0.4, 0.5) is 0 Å². The van der Waals surface area contributed by atoms with Gasteiger partial charge in [0, 0.05) is 56.7 Å². The summed E-state index contributed by atoms with van der Waals surface area (Å²) in [6.45, 7) is 0. The van der Waals surface area contributed by atoms with Crippen LogP contribution >= 0.6 is 22.7 Å². The van der Waals surface area contributed by atoms with Crippen LogP contribution in [0.2, 0.25) is 0 Å². The number of fused-ring (bicyclic) bond motifs is 4. The second-order valence-corrected chi connectivity index (χ2v) is 13.9. The third-order valence-corrected chi connectivity index (χ3v) is 11.6. The average Bonchev–Trinajstić information content (AvgIpc) is 3.58. The van der Waals surface area contributed by atoms with Gasteiger partial charge in [-0.25, -0.2) is 9.97 Å². The van der Waals surface area contributed by atoms with Crippen molar-refractivity contribution in [1.29, 1.82) is 0 Å². The van der Waals surface area contributed by atoms with Crippen molar-refractivity contribution in [2.45, 2.75) is 0 Å². The van der Waals surface area contributed by atoms with E-state index in [0.29, 0.717) is 0 Å². The van der Waals surface area contributed by atoms with Gasteiger partial charge in [0.2, 0.25) is 0 Å². The van der Waals surface area contributed by atoms with Gasteiger partial charge in [-0.2, -0.15) is 0 Å². The maximum atomic E-state index is 5.42. The van der Waals surface area contributed by atoms with E-state index in [0.717, 1.165) is 39.1 Å². The molecule has 0 saturated carbocycles. The summed E-state index contributed by atoms with van der Waals surface area (Å²) >= 11 is 3.72. The molecule has 0 bridgehead atoms. The molecule has 4 heterocycles.